The van der Waals surface area contributed by atoms with Crippen LogP contribution in [0, 0.1) is 5.92 Å². The molecule has 2 unspecified atom stereocenters. The lowest BCUT2D eigenvalue weighted by molar-refractivity contribution is -0.199. The number of esters is 3. The lowest BCUT2D eigenvalue weighted by Gasteiger charge is -2.39. The summed E-state index contributed by atoms with van der Waals surface area (Å²) in [4.78, 5) is 37.6. The van der Waals surface area contributed by atoms with Crippen molar-refractivity contribution in [2.24, 2.45) is 5.92 Å². The van der Waals surface area contributed by atoms with Crippen LogP contribution in [0.1, 0.15) is 85.0 Å². The van der Waals surface area contributed by atoms with Crippen LogP contribution in [0.4, 0.5) is 0 Å². The maximum absolute atomic E-state index is 13.0. The highest BCUT2D eigenvalue weighted by Gasteiger charge is 2.55. The number of unbranched alkanes of at least 4 members (excludes halogenated alkanes) is 5. The molecule has 0 saturated heterocycles. The molecule has 0 spiro atoms. The zero-order chi connectivity index (χ0) is 21.0. The quantitative estimate of drug-likeness (QED) is 0.209. The minimum atomic E-state index is -1.63. The van der Waals surface area contributed by atoms with Gasteiger partial charge in [-0.2, -0.15) is 0 Å². The molecule has 160 valence electrons. The maximum atomic E-state index is 13.0. The Morgan fingerprint density at radius 2 is 1.79 bits per heavy atom. The highest BCUT2D eigenvalue weighted by Crippen LogP contribution is 2.39. The van der Waals surface area contributed by atoms with Gasteiger partial charge in [-0.25, -0.2) is 9.59 Å². The predicted octanol–water partition coefficient (Wildman–Crippen LogP) is 4.50. The van der Waals surface area contributed by atoms with Gasteiger partial charge in [-0.3, -0.25) is 4.79 Å². The van der Waals surface area contributed by atoms with Crippen LogP contribution >= 0.6 is 0 Å². The van der Waals surface area contributed by atoms with Gasteiger partial charge in [0.1, 0.15) is 5.92 Å². The Morgan fingerprint density at radius 3 is 2.43 bits per heavy atom. The molecule has 0 radical (unpaired) electrons. The second kappa shape index (κ2) is 12.6. The van der Waals surface area contributed by atoms with Crippen molar-refractivity contribution < 1.29 is 28.6 Å². The first-order valence-corrected chi connectivity index (χ1v) is 10.6. The minimum Gasteiger partial charge on any atom is -0.463 e. The number of carbonyl (C=O) groups excluding carboxylic acids is 3. The highest BCUT2D eigenvalue weighted by molar-refractivity contribution is 5.92. The summed E-state index contributed by atoms with van der Waals surface area (Å²) in [7, 11) is 0. The zero-order valence-electron chi connectivity index (χ0n) is 17.7. The molecule has 0 aliphatic heterocycles. The van der Waals surface area contributed by atoms with Crippen molar-refractivity contribution >= 4 is 17.9 Å². The van der Waals surface area contributed by atoms with Gasteiger partial charge in [0.05, 0.1) is 12.7 Å². The van der Waals surface area contributed by atoms with E-state index in [0.29, 0.717) is 12.8 Å². The topological polar surface area (TPSA) is 78.9 Å². The molecule has 28 heavy (non-hydrogen) atoms. The molecule has 6 heteroatoms. The first-order chi connectivity index (χ1) is 13.4. The summed E-state index contributed by atoms with van der Waals surface area (Å²) < 4.78 is 16.3. The normalized spacial score (nSPS) is 21.8. The van der Waals surface area contributed by atoms with Crippen LogP contribution in [0.5, 0.6) is 0 Å². The summed E-state index contributed by atoms with van der Waals surface area (Å²) >= 11 is 0. The highest BCUT2D eigenvalue weighted by atomic mass is 16.6. The van der Waals surface area contributed by atoms with Gasteiger partial charge in [0.25, 0.3) is 0 Å². The van der Waals surface area contributed by atoms with Gasteiger partial charge < -0.3 is 14.2 Å². The molecule has 0 aromatic carbocycles. The van der Waals surface area contributed by atoms with Crippen molar-refractivity contribution in [2.45, 2.75) is 96.7 Å². The van der Waals surface area contributed by atoms with Crippen LogP contribution in [0.25, 0.3) is 0 Å². The molecule has 2 atom stereocenters. The van der Waals surface area contributed by atoms with Crippen LogP contribution in [0.2, 0.25) is 0 Å². The third-order valence-corrected chi connectivity index (χ3v) is 5.02. The van der Waals surface area contributed by atoms with Crippen molar-refractivity contribution in [2.75, 3.05) is 6.61 Å². The van der Waals surface area contributed by atoms with Gasteiger partial charge in [-0.1, -0.05) is 52.0 Å². The molecule has 0 aromatic heterocycles. The van der Waals surface area contributed by atoms with E-state index in [1.54, 1.807) is 13.8 Å². The molecule has 1 aliphatic carbocycles. The van der Waals surface area contributed by atoms with E-state index in [4.69, 9.17) is 14.2 Å². The molecule has 0 aromatic rings. The van der Waals surface area contributed by atoms with E-state index in [0.717, 1.165) is 31.8 Å². The third kappa shape index (κ3) is 7.28. The van der Waals surface area contributed by atoms with E-state index >= 15 is 0 Å². The summed E-state index contributed by atoms with van der Waals surface area (Å²) in [6.07, 6.45) is 9.18. The van der Waals surface area contributed by atoms with Crippen molar-refractivity contribution in [3.63, 3.8) is 0 Å². The number of ether oxygens (including phenoxy) is 3. The number of carbonyl (C=O) groups is 3. The lowest BCUT2D eigenvalue weighted by atomic mass is 9.75. The van der Waals surface area contributed by atoms with Crippen LogP contribution in [0.15, 0.2) is 12.7 Å². The largest absolute Gasteiger partial charge is 0.463 e. The molecule has 1 rings (SSSR count). The van der Waals surface area contributed by atoms with E-state index < -0.39 is 29.4 Å². The number of rotatable bonds is 12. The Hall–Kier alpha value is -1.85. The average molecular weight is 397 g/mol. The van der Waals surface area contributed by atoms with Gasteiger partial charge in [-0.05, 0) is 39.5 Å². The monoisotopic (exact) mass is 396 g/mol. The van der Waals surface area contributed by atoms with Crippen LogP contribution < -0.4 is 0 Å². The van der Waals surface area contributed by atoms with E-state index in [1.165, 1.54) is 19.3 Å². The Labute approximate surface area is 169 Å². The van der Waals surface area contributed by atoms with Crippen LogP contribution in [-0.2, 0) is 28.6 Å². The van der Waals surface area contributed by atoms with Crippen LogP contribution in [-0.4, -0.2) is 36.2 Å². The standard InChI is InChI=1S/C22H36O6/c1-5-7-8-9-10-13-16-26-21(25)22(28-19(23)6-2)15-12-11-14-18(22)20(24)27-17(3)4/h6,17-18H,2,5,7-16H2,1,3-4H3. The Balaban J connectivity index is 2.82. The lowest BCUT2D eigenvalue weighted by Crippen LogP contribution is -2.55. The summed E-state index contributed by atoms with van der Waals surface area (Å²) in [5, 5.41) is 0. The fourth-order valence-electron chi connectivity index (χ4n) is 3.56. The fourth-order valence-corrected chi connectivity index (χ4v) is 3.56. The molecular weight excluding hydrogens is 360 g/mol. The van der Waals surface area contributed by atoms with Crippen molar-refractivity contribution in [3.05, 3.63) is 12.7 Å². The van der Waals surface area contributed by atoms with E-state index in [-0.39, 0.29) is 19.1 Å². The molecule has 1 fully saturated rings. The summed E-state index contributed by atoms with van der Waals surface area (Å²) in [5.41, 5.74) is -1.63. The zero-order valence-corrected chi connectivity index (χ0v) is 17.7. The van der Waals surface area contributed by atoms with Crippen molar-refractivity contribution in [1.29, 1.82) is 0 Å². The molecule has 1 saturated carbocycles. The molecule has 6 nitrogen and oxygen atoms in total. The fraction of sp³-hybridized carbons (Fsp3) is 0.773. The minimum absolute atomic E-state index is 0.250. The first kappa shape index (κ1) is 24.2. The molecule has 1 aliphatic rings. The summed E-state index contributed by atoms with van der Waals surface area (Å²) in [6.45, 7) is 9.31. The van der Waals surface area contributed by atoms with E-state index in [1.807, 2.05) is 0 Å². The second-order valence-corrected chi connectivity index (χ2v) is 7.70. The van der Waals surface area contributed by atoms with Gasteiger partial charge in [0.15, 0.2) is 0 Å². The van der Waals surface area contributed by atoms with Crippen LogP contribution in [0.3, 0.4) is 0 Å². The molecule has 0 amide bonds. The third-order valence-electron chi connectivity index (χ3n) is 5.02. The first-order valence-electron chi connectivity index (χ1n) is 10.6. The Kier molecular flexibility index (Phi) is 10.9. The van der Waals surface area contributed by atoms with Crippen molar-refractivity contribution in [3.8, 4) is 0 Å². The molecule has 0 N–H and O–H groups in total. The molecule has 0 heterocycles. The summed E-state index contributed by atoms with van der Waals surface area (Å²) in [6, 6.07) is 0. The van der Waals surface area contributed by atoms with Gasteiger partial charge in [0, 0.05) is 6.08 Å². The SMILES string of the molecule is C=CC(=O)OC1(C(=O)OCCCCCCCC)CCCCC1C(=O)OC(C)C. The smallest absolute Gasteiger partial charge is 0.351 e. The Bertz CT molecular complexity index is 527. The van der Waals surface area contributed by atoms with E-state index in [2.05, 4.69) is 13.5 Å². The maximum Gasteiger partial charge on any atom is 0.351 e. The molecule has 0 bridgehead atoms. The average Bonchev–Trinajstić information content (AvgIpc) is 2.66. The number of hydrogen-bond donors (Lipinski definition) is 0. The summed E-state index contributed by atoms with van der Waals surface area (Å²) in [5.74, 6) is -2.77. The van der Waals surface area contributed by atoms with Gasteiger partial charge in [-0.15, -0.1) is 0 Å². The molecular formula is C22H36O6. The number of hydrogen-bond acceptors (Lipinski definition) is 6. The van der Waals surface area contributed by atoms with Gasteiger partial charge >= 0.3 is 17.9 Å². The van der Waals surface area contributed by atoms with Crippen molar-refractivity contribution in [1.82, 2.24) is 0 Å². The predicted molar refractivity (Wildman–Crippen MR) is 107 cm³/mol. The Morgan fingerprint density at radius 1 is 1.11 bits per heavy atom. The second-order valence-electron chi connectivity index (χ2n) is 7.70. The van der Waals surface area contributed by atoms with E-state index in [9.17, 15) is 14.4 Å². The van der Waals surface area contributed by atoms with Gasteiger partial charge in [0.2, 0.25) is 5.60 Å².